The zero-order valence-electron chi connectivity index (χ0n) is 9.02. The van der Waals surface area contributed by atoms with E-state index in [0.717, 1.165) is 17.5 Å². The van der Waals surface area contributed by atoms with Gasteiger partial charge in [0.05, 0.1) is 5.69 Å². The first kappa shape index (κ1) is 11.3. The van der Waals surface area contributed by atoms with Crippen molar-refractivity contribution in [2.75, 3.05) is 6.61 Å². The highest BCUT2D eigenvalue weighted by Gasteiger charge is 2.09. The summed E-state index contributed by atoms with van der Waals surface area (Å²) in [5, 5.41) is 12.5. The molecule has 0 amide bonds. The van der Waals surface area contributed by atoms with E-state index in [-0.39, 0.29) is 6.61 Å². The van der Waals surface area contributed by atoms with Crippen LogP contribution in [0.4, 0.5) is 0 Å². The van der Waals surface area contributed by atoms with Crippen LogP contribution in [-0.2, 0) is 11.8 Å². The van der Waals surface area contributed by atoms with Crippen LogP contribution in [0.3, 0.4) is 0 Å². The molecule has 0 aliphatic rings. The van der Waals surface area contributed by atoms with Gasteiger partial charge < -0.3 is 9.84 Å². The Morgan fingerprint density at radius 1 is 1.60 bits per heavy atom. The molecule has 5 nitrogen and oxygen atoms in total. The van der Waals surface area contributed by atoms with Gasteiger partial charge in [0.2, 0.25) is 0 Å². The monoisotopic (exact) mass is 210 g/mol. The molecule has 82 valence electrons. The van der Waals surface area contributed by atoms with E-state index in [0.29, 0.717) is 5.75 Å². The van der Waals surface area contributed by atoms with Gasteiger partial charge in [-0.15, -0.1) is 0 Å². The topological polar surface area (TPSA) is 64.4 Å². The minimum absolute atomic E-state index is 0.236. The van der Waals surface area contributed by atoms with Crippen LogP contribution in [0.1, 0.15) is 11.4 Å². The zero-order valence-corrected chi connectivity index (χ0v) is 9.02. The summed E-state index contributed by atoms with van der Waals surface area (Å²) in [4.78, 5) is 10.2. The maximum absolute atomic E-state index is 10.2. The number of aryl methyl sites for hydroxylation is 2. The highest BCUT2D eigenvalue weighted by Crippen LogP contribution is 2.20. The average molecular weight is 210 g/mol. The number of aliphatic carboxylic acids is 1. The van der Waals surface area contributed by atoms with E-state index in [9.17, 15) is 4.79 Å². The van der Waals surface area contributed by atoms with Crippen molar-refractivity contribution in [3.8, 4) is 5.75 Å². The molecule has 1 aromatic rings. The van der Waals surface area contributed by atoms with Crippen molar-refractivity contribution >= 4 is 5.97 Å². The average Bonchev–Trinajstić information content (AvgIpc) is 2.37. The summed E-state index contributed by atoms with van der Waals surface area (Å²) in [6, 6.07) is 0. The Labute approximate surface area is 88.0 Å². The predicted octanol–water partition coefficient (Wildman–Crippen LogP) is 1.06. The number of carboxylic acid groups (broad SMARTS) is 1. The van der Waals surface area contributed by atoms with Gasteiger partial charge in [-0.05, 0) is 19.9 Å². The summed E-state index contributed by atoms with van der Waals surface area (Å²) < 4.78 is 7.13. The minimum atomic E-state index is -0.974. The molecule has 15 heavy (non-hydrogen) atoms. The van der Waals surface area contributed by atoms with E-state index >= 15 is 0 Å². The van der Waals surface area contributed by atoms with Gasteiger partial charge in [-0.25, -0.2) is 4.79 Å². The van der Waals surface area contributed by atoms with Gasteiger partial charge in [-0.2, -0.15) is 5.10 Å². The third-order valence-corrected chi connectivity index (χ3v) is 2.03. The summed E-state index contributed by atoms with van der Waals surface area (Å²) >= 11 is 0. The van der Waals surface area contributed by atoms with Gasteiger partial charge in [0.15, 0.2) is 5.75 Å². The number of hydrogen-bond donors (Lipinski definition) is 1. The van der Waals surface area contributed by atoms with Gasteiger partial charge in [0, 0.05) is 13.1 Å². The maximum Gasteiger partial charge on any atom is 0.328 e. The van der Waals surface area contributed by atoms with Gasteiger partial charge >= 0.3 is 5.97 Å². The molecule has 0 radical (unpaired) electrons. The van der Waals surface area contributed by atoms with Crippen molar-refractivity contribution in [1.29, 1.82) is 0 Å². The summed E-state index contributed by atoms with van der Waals surface area (Å²) in [7, 11) is 1.84. The van der Waals surface area contributed by atoms with Gasteiger partial charge in [0.1, 0.15) is 12.3 Å². The number of rotatable bonds is 4. The Hall–Kier alpha value is -1.78. The molecule has 5 heteroatoms. The molecule has 0 bridgehead atoms. The Bertz CT molecular complexity index is 394. The quantitative estimate of drug-likeness (QED) is 0.754. The molecule has 0 unspecified atom stereocenters. The first-order chi connectivity index (χ1) is 7.02. The number of ether oxygens (including phenoxy) is 1. The van der Waals surface area contributed by atoms with Crippen LogP contribution in [0.2, 0.25) is 0 Å². The fraction of sp³-hybridized carbons (Fsp3) is 0.400. The van der Waals surface area contributed by atoms with Crippen LogP contribution in [0.25, 0.3) is 0 Å². The lowest BCUT2D eigenvalue weighted by Gasteiger charge is -2.02. The van der Waals surface area contributed by atoms with Crippen LogP contribution in [0.5, 0.6) is 5.75 Å². The van der Waals surface area contributed by atoms with Crippen molar-refractivity contribution in [3.63, 3.8) is 0 Å². The third kappa shape index (κ3) is 2.83. The standard InChI is InChI=1S/C10H14N2O3/c1-7-10(8(2)12(3)11-7)15-6-4-5-9(13)14/h4-5H,6H2,1-3H3,(H,13,14)/b5-4+. The number of carboxylic acids is 1. The lowest BCUT2D eigenvalue weighted by Crippen LogP contribution is -1.98. The summed E-state index contributed by atoms with van der Waals surface area (Å²) in [6.45, 7) is 3.99. The van der Waals surface area contributed by atoms with Crippen LogP contribution < -0.4 is 4.74 Å². The second-order valence-corrected chi connectivity index (χ2v) is 3.18. The first-order valence-corrected chi connectivity index (χ1v) is 4.55. The molecule has 0 fully saturated rings. The number of aromatic nitrogens is 2. The second-order valence-electron chi connectivity index (χ2n) is 3.18. The van der Waals surface area contributed by atoms with E-state index in [1.807, 2.05) is 20.9 Å². The van der Waals surface area contributed by atoms with E-state index < -0.39 is 5.97 Å². The van der Waals surface area contributed by atoms with Gasteiger partial charge in [-0.1, -0.05) is 0 Å². The lowest BCUT2D eigenvalue weighted by molar-refractivity contribution is -0.131. The van der Waals surface area contributed by atoms with Crippen molar-refractivity contribution in [3.05, 3.63) is 23.5 Å². The predicted molar refractivity (Wildman–Crippen MR) is 55.0 cm³/mol. The van der Waals surface area contributed by atoms with Crippen LogP contribution in [0, 0.1) is 13.8 Å². The zero-order chi connectivity index (χ0) is 11.4. The van der Waals surface area contributed by atoms with Gasteiger partial charge in [-0.3, -0.25) is 4.68 Å². The fourth-order valence-corrected chi connectivity index (χ4v) is 1.24. The van der Waals surface area contributed by atoms with E-state index in [2.05, 4.69) is 5.10 Å². The third-order valence-electron chi connectivity index (χ3n) is 2.03. The van der Waals surface area contributed by atoms with Crippen molar-refractivity contribution in [1.82, 2.24) is 9.78 Å². The van der Waals surface area contributed by atoms with Crippen molar-refractivity contribution in [2.24, 2.45) is 7.05 Å². The molecule has 1 aromatic heterocycles. The summed E-state index contributed by atoms with van der Waals surface area (Å²) in [6.07, 6.45) is 2.51. The van der Waals surface area contributed by atoms with E-state index in [1.54, 1.807) is 4.68 Å². The molecule has 1 N–H and O–H groups in total. The van der Waals surface area contributed by atoms with E-state index in [1.165, 1.54) is 6.08 Å². The Morgan fingerprint density at radius 3 is 2.73 bits per heavy atom. The molecule has 0 saturated heterocycles. The highest BCUT2D eigenvalue weighted by atomic mass is 16.5. The van der Waals surface area contributed by atoms with Crippen LogP contribution in [0.15, 0.2) is 12.2 Å². The van der Waals surface area contributed by atoms with Crippen molar-refractivity contribution < 1.29 is 14.6 Å². The largest absolute Gasteiger partial charge is 0.486 e. The minimum Gasteiger partial charge on any atom is -0.486 e. The summed E-state index contributed by atoms with van der Waals surface area (Å²) in [5.41, 5.74) is 1.73. The molecule has 0 atom stereocenters. The van der Waals surface area contributed by atoms with Gasteiger partial charge in [0.25, 0.3) is 0 Å². The molecule has 0 spiro atoms. The van der Waals surface area contributed by atoms with Crippen molar-refractivity contribution in [2.45, 2.75) is 13.8 Å². The lowest BCUT2D eigenvalue weighted by atomic mass is 10.3. The fourth-order valence-electron chi connectivity index (χ4n) is 1.24. The van der Waals surface area contributed by atoms with Crippen LogP contribution >= 0.6 is 0 Å². The molecule has 0 aromatic carbocycles. The molecule has 1 heterocycles. The van der Waals surface area contributed by atoms with E-state index in [4.69, 9.17) is 9.84 Å². The highest BCUT2D eigenvalue weighted by molar-refractivity contribution is 5.79. The number of hydrogen-bond acceptors (Lipinski definition) is 3. The Morgan fingerprint density at radius 2 is 2.27 bits per heavy atom. The Balaban J connectivity index is 2.61. The molecule has 0 aliphatic heterocycles. The molecule has 0 saturated carbocycles. The number of carbonyl (C=O) groups is 1. The second kappa shape index (κ2) is 4.63. The molecular weight excluding hydrogens is 196 g/mol. The molecule has 0 aliphatic carbocycles. The smallest absolute Gasteiger partial charge is 0.328 e. The maximum atomic E-state index is 10.2. The Kier molecular flexibility index (Phi) is 3.49. The normalized spacial score (nSPS) is 10.9. The SMILES string of the molecule is Cc1nn(C)c(C)c1OC/C=C/C(=O)O. The van der Waals surface area contributed by atoms with Crippen LogP contribution in [-0.4, -0.2) is 27.5 Å². The molecule has 1 rings (SSSR count). The summed E-state index contributed by atoms with van der Waals surface area (Å²) in [5.74, 6) is -0.259. The first-order valence-electron chi connectivity index (χ1n) is 4.55. The number of nitrogens with zero attached hydrogens (tertiary/aromatic N) is 2. The molecular formula is C10H14N2O3.